The monoisotopic (exact) mass is 385 g/mol. The van der Waals surface area contributed by atoms with Crippen LogP contribution in [0.25, 0.3) is 0 Å². The van der Waals surface area contributed by atoms with E-state index < -0.39 is 0 Å². The van der Waals surface area contributed by atoms with Crippen molar-refractivity contribution in [2.75, 3.05) is 12.4 Å². The first kappa shape index (κ1) is 20.4. The van der Waals surface area contributed by atoms with Crippen molar-refractivity contribution in [2.24, 2.45) is 11.8 Å². The Hall–Kier alpha value is -0.300. The number of hydroxylamine groups is 1. The number of carbonyl (C=O) groups excluding carboxylic acids is 1. The molecule has 3 rings (SSSR count). The van der Waals surface area contributed by atoms with Crippen molar-refractivity contribution in [1.29, 1.82) is 0 Å². The van der Waals surface area contributed by atoms with Crippen molar-refractivity contribution in [2.45, 2.75) is 94.7 Å². The predicted octanol–water partition coefficient (Wildman–Crippen LogP) is 3.93. The number of carbonyl (C=O) groups is 1. The summed E-state index contributed by atoms with van der Waals surface area (Å²) in [5, 5.41) is 9.08. The van der Waals surface area contributed by atoms with Gasteiger partial charge in [-0.1, -0.05) is 26.2 Å². The third-order valence-electron chi connectivity index (χ3n) is 6.38. The van der Waals surface area contributed by atoms with Crippen molar-refractivity contribution >= 4 is 17.7 Å². The SMILES string of the molecule is CC(CCCC(=O)NO)SCC1C2CCC(O2)C1COC1CCCCC1. The lowest BCUT2D eigenvalue weighted by molar-refractivity contribution is -0.129. The molecular formula is C20H35NO4S. The molecule has 2 heterocycles. The number of rotatable bonds is 10. The molecule has 3 aliphatic rings. The van der Waals surface area contributed by atoms with Gasteiger partial charge in [0.2, 0.25) is 5.91 Å². The zero-order valence-electron chi connectivity index (χ0n) is 16.0. The van der Waals surface area contributed by atoms with Gasteiger partial charge in [0.25, 0.3) is 0 Å². The van der Waals surface area contributed by atoms with Crippen LogP contribution < -0.4 is 5.48 Å². The Morgan fingerprint density at radius 2 is 1.92 bits per heavy atom. The van der Waals surface area contributed by atoms with Crippen LogP contribution in [0.5, 0.6) is 0 Å². The molecule has 0 aromatic rings. The van der Waals surface area contributed by atoms with Gasteiger partial charge in [-0.3, -0.25) is 10.0 Å². The molecular weight excluding hydrogens is 350 g/mol. The minimum Gasteiger partial charge on any atom is -0.378 e. The molecule has 2 N–H and O–H groups in total. The molecule has 2 bridgehead atoms. The maximum atomic E-state index is 11.1. The highest BCUT2D eigenvalue weighted by Gasteiger charge is 2.48. The highest BCUT2D eigenvalue weighted by atomic mass is 32.2. The van der Waals surface area contributed by atoms with Crippen LogP contribution in [0.4, 0.5) is 0 Å². The van der Waals surface area contributed by atoms with E-state index in [1.807, 2.05) is 11.8 Å². The summed E-state index contributed by atoms with van der Waals surface area (Å²) in [4.78, 5) is 11.1. The van der Waals surface area contributed by atoms with Crippen molar-refractivity contribution in [3.8, 4) is 0 Å². The van der Waals surface area contributed by atoms with Gasteiger partial charge in [-0.15, -0.1) is 0 Å². The van der Waals surface area contributed by atoms with Gasteiger partial charge in [-0.2, -0.15) is 11.8 Å². The molecule has 0 radical (unpaired) electrons. The highest BCUT2D eigenvalue weighted by molar-refractivity contribution is 7.99. The molecule has 1 amide bonds. The van der Waals surface area contributed by atoms with Gasteiger partial charge < -0.3 is 9.47 Å². The number of amides is 1. The largest absolute Gasteiger partial charge is 0.378 e. The normalized spacial score (nSPS) is 32.7. The molecule has 26 heavy (non-hydrogen) atoms. The smallest absolute Gasteiger partial charge is 0.243 e. The van der Waals surface area contributed by atoms with Gasteiger partial charge in [0.15, 0.2) is 0 Å². The molecule has 150 valence electrons. The lowest BCUT2D eigenvalue weighted by Crippen LogP contribution is -2.34. The van der Waals surface area contributed by atoms with Gasteiger partial charge in [0.05, 0.1) is 24.9 Å². The summed E-state index contributed by atoms with van der Waals surface area (Å²) in [6, 6.07) is 0. The summed E-state index contributed by atoms with van der Waals surface area (Å²) in [5.41, 5.74) is 1.70. The third-order valence-corrected chi connectivity index (χ3v) is 7.76. The van der Waals surface area contributed by atoms with Crippen LogP contribution in [0, 0.1) is 11.8 Å². The first-order valence-electron chi connectivity index (χ1n) is 10.5. The molecule has 2 saturated heterocycles. The molecule has 6 heteroatoms. The first-order valence-corrected chi connectivity index (χ1v) is 11.5. The molecule has 0 spiro atoms. The average molecular weight is 386 g/mol. The zero-order valence-corrected chi connectivity index (χ0v) is 16.8. The van der Waals surface area contributed by atoms with E-state index in [-0.39, 0.29) is 5.91 Å². The maximum Gasteiger partial charge on any atom is 0.243 e. The summed E-state index contributed by atoms with van der Waals surface area (Å²) in [5.74, 6) is 2.03. The Kier molecular flexibility index (Phi) is 8.10. The van der Waals surface area contributed by atoms with E-state index in [1.54, 1.807) is 5.48 Å². The fraction of sp³-hybridized carbons (Fsp3) is 0.950. The molecule has 0 aromatic carbocycles. The Morgan fingerprint density at radius 1 is 1.19 bits per heavy atom. The van der Waals surface area contributed by atoms with Crippen molar-refractivity contribution in [3.05, 3.63) is 0 Å². The lowest BCUT2D eigenvalue weighted by atomic mass is 9.81. The van der Waals surface area contributed by atoms with Crippen molar-refractivity contribution < 1.29 is 19.5 Å². The van der Waals surface area contributed by atoms with E-state index in [2.05, 4.69) is 6.92 Å². The molecule has 5 unspecified atom stereocenters. The van der Waals surface area contributed by atoms with Crippen molar-refractivity contribution in [1.82, 2.24) is 5.48 Å². The average Bonchev–Trinajstić information content (AvgIpc) is 3.27. The third kappa shape index (κ3) is 5.60. The molecule has 1 saturated carbocycles. The summed E-state index contributed by atoms with van der Waals surface area (Å²) in [7, 11) is 0. The zero-order chi connectivity index (χ0) is 18.4. The van der Waals surface area contributed by atoms with Gasteiger partial charge in [0.1, 0.15) is 0 Å². The van der Waals surface area contributed by atoms with Crippen LogP contribution in [0.1, 0.15) is 71.1 Å². The summed E-state index contributed by atoms with van der Waals surface area (Å²) >= 11 is 2.01. The van der Waals surface area contributed by atoms with Crippen LogP contribution in [0.15, 0.2) is 0 Å². The Balaban J connectivity index is 1.39. The van der Waals surface area contributed by atoms with Crippen LogP contribution in [0.3, 0.4) is 0 Å². The second kappa shape index (κ2) is 10.3. The Bertz CT molecular complexity index is 444. The first-order chi connectivity index (χ1) is 12.7. The summed E-state index contributed by atoms with van der Waals surface area (Å²) < 4.78 is 12.5. The van der Waals surface area contributed by atoms with Gasteiger partial charge in [-0.05, 0) is 44.3 Å². The highest BCUT2D eigenvalue weighted by Crippen LogP contribution is 2.45. The predicted molar refractivity (Wildman–Crippen MR) is 103 cm³/mol. The van der Waals surface area contributed by atoms with Gasteiger partial charge in [0, 0.05) is 23.5 Å². The number of ether oxygens (including phenoxy) is 2. The van der Waals surface area contributed by atoms with E-state index in [0.29, 0.717) is 41.8 Å². The number of nitrogens with one attached hydrogen (secondary N) is 1. The second-order valence-electron chi connectivity index (χ2n) is 8.28. The number of hydrogen-bond acceptors (Lipinski definition) is 5. The van der Waals surface area contributed by atoms with Crippen molar-refractivity contribution in [3.63, 3.8) is 0 Å². The fourth-order valence-corrected chi connectivity index (χ4v) is 6.12. The van der Waals surface area contributed by atoms with Crippen LogP contribution in [0.2, 0.25) is 0 Å². The van der Waals surface area contributed by atoms with Gasteiger partial charge in [-0.25, -0.2) is 5.48 Å². The summed E-state index contributed by atoms with van der Waals surface area (Å²) in [6.07, 6.45) is 12.4. The summed E-state index contributed by atoms with van der Waals surface area (Å²) in [6.45, 7) is 3.12. The number of hydrogen-bond donors (Lipinski definition) is 2. The van der Waals surface area contributed by atoms with Crippen LogP contribution in [-0.4, -0.2) is 47.0 Å². The van der Waals surface area contributed by atoms with Gasteiger partial charge >= 0.3 is 0 Å². The molecule has 0 aromatic heterocycles. The Labute approximate surface area is 161 Å². The van der Waals surface area contributed by atoms with E-state index in [0.717, 1.165) is 25.2 Å². The fourth-order valence-electron chi connectivity index (χ4n) is 4.78. The van der Waals surface area contributed by atoms with E-state index in [9.17, 15) is 4.79 Å². The molecule has 5 nitrogen and oxygen atoms in total. The molecule has 3 fully saturated rings. The molecule has 5 atom stereocenters. The standard InChI is InChI=1S/C20H35NO4S/c1-14(6-5-9-20(22)21-23)26-13-17-16(18-10-11-19(17)25-18)12-24-15-7-3-2-4-8-15/h14-19,23H,2-13H2,1H3,(H,21,22). The quantitative estimate of drug-likeness (QED) is 0.441. The molecule has 2 aliphatic heterocycles. The molecule has 1 aliphatic carbocycles. The Morgan fingerprint density at radius 3 is 2.65 bits per heavy atom. The lowest BCUT2D eigenvalue weighted by Gasteiger charge is -2.31. The second-order valence-corrected chi connectivity index (χ2v) is 9.75. The number of thioether (sulfide) groups is 1. The van der Waals surface area contributed by atoms with E-state index in [1.165, 1.54) is 44.9 Å². The minimum absolute atomic E-state index is 0.288. The van der Waals surface area contributed by atoms with E-state index in [4.69, 9.17) is 14.7 Å². The number of fused-ring (bicyclic) bond motifs is 2. The maximum absolute atomic E-state index is 11.1. The van der Waals surface area contributed by atoms with Crippen LogP contribution in [-0.2, 0) is 14.3 Å². The van der Waals surface area contributed by atoms with Crippen LogP contribution >= 0.6 is 11.8 Å². The minimum atomic E-state index is -0.288. The van der Waals surface area contributed by atoms with E-state index >= 15 is 0 Å². The topological polar surface area (TPSA) is 67.8 Å².